The number of hydrogen-bond donors (Lipinski definition) is 2. The molecule has 0 heterocycles. The largest absolute Gasteiger partial charge is 0.481 e. The van der Waals surface area contributed by atoms with Crippen molar-refractivity contribution in [3.63, 3.8) is 0 Å². The van der Waals surface area contributed by atoms with Crippen molar-refractivity contribution in [1.82, 2.24) is 0 Å². The molecular weight excluding hydrogens is 214 g/mol. The monoisotopic (exact) mass is 227 g/mol. The second-order valence-electron chi connectivity index (χ2n) is 3.62. The number of rotatable bonds is 4. The van der Waals surface area contributed by atoms with Gasteiger partial charge in [0, 0.05) is 17.0 Å². The summed E-state index contributed by atoms with van der Waals surface area (Å²) in [4.78, 5) is 10.7. The van der Waals surface area contributed by atoms with Crippen LogP contribution in [0.25, 0.3) is 0 Å². The maximum Gasteiger partial charge on any atom is 0.304 e. The highest BCUT2D eigenvalue weighted by Gasteiger charge is 2.19. The molecule has 15 heavy (non-hydrogen) atoms. The minimum atomic E-state index is -0.841. The molecule has 0 amide bonds. The van der Waals surface area contributed by atoms with Crippen LogP contribution in [0.4, 0.5) is 0 Å². The molecule has 0 spiro atoms. The Morgan fingerprint density at radius 2 is 2.00 bits per heavy atom. The van der Waals surface area contributed by atoms with E-state index in [0.29, 0.717) is 5.02 Å². The van der Waals surface area contributed by atoms with Crippen LogP contribution in [0.5, 0.6) is 0 Å². The van der Waals surface area contributed by atoms with Gasteiger partial charge in [-0.25, -0.2) is 0 Å². The quantitative estimate of drug-likeness (QED) is 0.829. The summed E-state index contributed by atoms with van der Waals surface area (Å²) in [6.07, 6.45) is 0.0410. The van der Waals surface area contributed by atoms with Crippen LogP contribution in [-0.2, 0) is 4.79 Å². The van der Waals surface area contributed by atoms with Crippen molar-refractivity contribution in [2.45, 2.75) is 25.3 Å². The number of aliphatic carboxylic acids is 1. The fraction of sp³-hybridized carbons (Fsp3) is 0.364. The van der Waals surface area contributed by atoms with Crippen LogP contribution >= 0.6 is 11.6 Å². The van der Waals surface area contributed by atoms with Gasteiger partial charge in [-0.15, -0.1) is 0 Å². The molecule has 3 N–H and O–H groups in total. The first-order chi connectivity index (χ1) is 7.00. The average molecular weight is 228 g/mol. The molecule has 3 nitrogen and oxygen atoms in total. The Bertz CT molecular complexity index is 335. The summed E-state index contributed by atoms with van der Waals surface area (Å²) < 4.78 is 0. The normalized spacial score (nSPS) is 14.6. The molecule has 0 aliphatic heterocycles. The van der Waals surface area contributed by atoms with Crippen molar-refractivity contribution < 1.29 is 9.90 Å². The van der Waals surface area contributed by atoms with Gasteiger partial charge in [0.15, 0.2) is 0 Å². The van der Waals surface area contributed by atoms with Crippen molar-refractivity contribution >= 4 is 17.6 Å². The van der Waals surface area contributed by atoms with Gasteiger partial charge in [-0.1, -0.05) is 23.7 Å². The molecule has 0 radical (unpaired) electrons. The van der Waals surface area contributed by atoms with E-state index in [2.05, 4.69) is 0 Å². The minimum absolute atomic E-state index is 0.0410. The Morgan fingerprint density at radius 3 is 2.40 bits per heavy atom. The summed E-state index contributed by atoms with van der Waals surface area (Å²) in [7, 11) is 0. The molecule has 4 heteroatoms. The summed E-state index contributed by atoms with van der Waals surface area (Å²) in [6, 6.07) is 6.93. The van der Waals surface area contributed by atoms with E-state index >= 15 is 0 Å². The van der Waals surface area contributed by atoms with Gasteiger partial charge in [-0.05, 0) is 24.6 Å². The Labute approximate surface area is 93.9 Å². The predicted molar refractivity (Wildman–Crippen MR) is 60.1 cm³/mol. The lowest BCUT2D eigenvalue weighted by Gasteiger charge is -2.19. The van der Waals surface area contributed by atoms with E-state index in [1.54, 1.807) is 12.1 Å². The third-order valence-electron chi connectivity index (χ3n) is 2.33. The fourth-order valence-electron chi connectivity index (χ4n) is 1.51. The Balaban J connectivity index is 2.88. The van der Waals surface area contributed by atoms with Gasteiger partial charge in [0.1, 0.15) is 0 Å². The van der Waals surface area contributed by atoms with Gasteiger partial charge in [0.25, 0.3) is 0 Å². The number of hydrogen-bond acceptors (Lipinski definition) is 2. The molecule has 0 unspecified atom stereocenters. The maximum atomic E-state index is 10.7. The zero-order valence-electron chi connectivity index (χ0n) is 8.48. The molecule has 0 aliphatic rings. The zero-order chi connectivity index (χ0) is 11.4. The summed E-state index contributed by atoms with van der Waals surface area (Å²) in [5.41, 5.74) is 6.67. The van der Waals surface area contributed by atoms with Crippen LogP contribution in [0.3, 0.4) is 0 Å². The SMILES string of the molecule is C[C@H](N)[C@@H](CC(=O)O)c1ccc(Cl)cc1. The van der Waals surface area contributed by atoms with Gasteiger partial charge >= 0.3 is 5.97 Å². The van der Waals surface area contributed by atoms with E-state index in [4.69, 9.17) is 22.4 Å². The summed E-state index contributed by atoms with van der Waals surface area (Å²) in [5.74, 6) is -1.01. The van der Waals surface area contributed by atoms with Gasteiger partial charge in [0.2, 0.25) is 0 Å². The van der Waals surface area contributed by atoms with Crippen molar-refractivity contribution in [1.29, 1.82) is 0 Å². The van der Waals surface area contributed by atoms with Crippen molar-refractivity contribution in [2.75, 3.05) is 0 Å². The lowest BCUT2D eigenvalue weighted by atomic mass is 9.90. The zero-order valence-corrected chi connectivity index (χ0v) is 9.24. The van der Waals surface area contributed by atoms with Gasteiger partial charge in [-0.2, -0.15) is 0 Å². The first kappa shape index (κ1) is 12.0. The van der Waals surface area contributed by atoms with Crippen LogP contribution in [-0.4, -0.2) is 17.1 Å². The van der Waals surface area contributed by atoms with E-state index < -0.39 is 5.97 Å². The molecule has 0 fully saturated rings. The lowest BCUT2D eigenvalue weighted by molar-refractivity contribution is -0.137. The third-order valence-corrected chi connectivity index (χ3v) is 2.58. The van der Waals surface area contributed by atoms with Crippen LogP contribution in [0.2, 0.25) is 5.02 Å². The second kappa shape index (κ2) is 5.14. The highest BCUT2D eigenvalue weighted by atomic mass is 35.5. The molecule has 0 aromatic heterocycles. The molecule has 0 bridgehead atoms. The predicted octanol–water partition coefficient (Wildman–Crippen LogP) is 2.25. The highest BCUT2D eigenvalue weighted by Crippen LogP contribution is 2.24. The number of carbonyl (C=O) groups is 1. The topological polar surface area (TPSA) is 63.3 Å². The molecule has 1 aromatic rings. The van der Waals surface area contributed by atoms with Gasteiger partial charge in [-0.3, -0.25) is 4.79 Å². The van der Waals surface area contributed by atoms with E-state index in [0.717, 1.165) is 5.56 Å². The number of halogens is 1. The summed E-state index contributed by atoms with van der Waals surface area (Å²) in [5, 5.41) is 9.40. The maximum absolute atomic E-state index is 10.7. The second-order valence-corrected chi connectivity index (χ2v) is 4.05. The van der Waals surface area contributed by atoms with Crippen molar-refractivity contribution in [3.8, 4) is 0 Å². The van der Waals surface area contributed by atoms with Gasteiger partial charge in [0.05, 0.1) is 6.42 Å². The molecule has 0 saturated carbocycles. The molecule has 82 valence electrons. The van der Waals surface area contributed by atoms with Crippen molar-refractivity contribution in [3.05, 3.63) is 34.9 Å². The molecule has 1 aromatic carbocycles. The van der Waals surface area contributed by atoms with E-state index in [1.807, 2.05) is 19.1 Å². The van der Waals surface area contributed by atoms with E-state index in [-0.39, 0.29) is 18.4 Å². The van der Waals surface area contributed by atoms with Crippen LogP contribution < -0.4 is 5.73 Å². The van der Waals surface area contributed by atoms with Gasteiger partial charge < -0.3 is 10.8 Å². The number of carboxylic acids is 1. The Hall–Kier alpha value is -1.06. The standard InChI is InChI=1S/C11H14ClNO2/c1-7(13)10(6-11(14)15)8-2-4-9(12)5-3-8/h2-5,7,10H,6,13H2,1H3,(H,14,15)/t7-,10+/m0/s1. The first-order valence-corrected chi connectivity index (χ1v) is 5.11. The Morgan fingerprint density at radius 1 is 1.47 bits per heavy atom. The molecular formula is C11H14ClNO2. The van der Waals surface area contributed by atoms with E-state index in [1.165, 1.54) is 0 Å². The average Bonchev–Trinajstić information content (AvgIpc) is 2.15. The molecule has 1 rings (SSSR count). The summed E-state index contributed by atoms with van der Waals surface area (Å²) >= 11 is 5.75. The number of benzene rings is 1. The summed E-state index contributed by atoms with van der Waals surface area (Å²) in [6.45, 7) is 1.81. The number of nitrogens with two attached hydrogens (primary N) is 1. The first-order valence-electron chi connectivity index (χ1n) is 4.73. The lowest BCUT2D eigenvalue weighted by Crippen LogP contribution is -2.26. The molecule has 0 saturated heterocycles. The van der Waals surface area contributed by atoms with Crippen LogP contribution in [0.1, 0.15) is 24.8 Å². The third kappa shape index (κ3) is 3.53. The number of carboxylic acid groups (broad SMARTS) is 1. The fourth-order valence-corrected chi connectivity index (χ4v) is 1.63. The Kier molecular flexibility index (Phi) is 4.12. The molecule has 2 atom stereocenters. The van der Waals surface area contributed by atoms with Crippen LogP contribution in [0.15, 0.2) is 24.3 Å². The smallest absolute Gasteiger partial charge is 0.304 e. The molecule has 0 aliphatic carbocycles. The van der Waals surface area contributed by atoms with E-state index in [9.17, 15) is 4.79 Å². The van der Waals surface area contributed by atoms with Crippen LogP contribution in [0, 0.1) is 0 Å². The minimum Gasteiger partial charge on any atom is -0.481 e. The van der Waals surface area contributed by atoms with Crippen molar-refractivity contribution in [2.24, 2.45) is 5.73 Å². The highest BCUT2D eigenvalue weighted by molar-refractivity contribution is 6.30.